The van der Waals surface area contributed by atoms with Gasteiger partial charge in [0.25, 0.3) is 5.91 Å². The Morgan fingerprint density at radius 3 is 1.92 bits per heavy atom. The number of alkyl carbamates (subject to hydrolysis) is 1. The lowest BCUT2D eigenvalue weighted by molar-refractivity contribution is 0.0523. The van der Waals surface area contributed by atoms with Gasteiger partial charge in [0.2, 0.25) is 0 Å². The van der Waals surface area contributed by atoms with E-state index < -0.39 is 11.7 Å². The molecule has 2 amide bonds. The Hall–Kier alpha value is -2.53. The van der Waals surface area contributed by atoms with Crippen molar-refractivity contribution in [3.63, 3.8) is 0 Å². The van der Waals surface area contributed by atoms with Crippen LogP contribution in [0.5, 0.6) is 0 Å². The molecule has 0 saturated carbocycles. The summed E-state index contributed by atoms with van der Waals surface area (Å²) in [7, 11) is 0. The summed E-state index contributed by atoms with van der Waals surface area (Å²) in [6, 6.07) is 14.4. The van der Waals surface area contributed by atoms with Crippen LogP contribution in [0.15, 0.2) is 48.5 Å². The first-order chi connectivity index (χ1) is 12.2. The zero-order chi connectivity index (χ0) is 19.2. The number of hydrogen-bond donors (Lipinski definition) is 2. The summed E-state index contributed by atoms with van der Waals surface area (Å²) < 4.78 is 5.18. The zero-order valence-corrected chi connectivity index (χ0v) is 15.9. The SMILES string of the molecule is CC(C)(C)OC(=O)NCc1ccc(C(=O)NCc2ccc(Cl)cc2)cc1. The van der Waals surface area contributed by atoms with Crippen molar-refractivity contribution in [2.75, 3.05) is 0 Å². The maximum atomic E-state index is 12.2. The normalized spacial score (nSPS) is 10.9. The maximum absolute atomic E-state index is 12.2. The number of halogens is 1. The fraction of sp³-hybridized carbons (Fsp3) is 0.300. The average molecular weight is 375 g/mol. The third-order valence-electron chi connectivity index (χ3n) is 3.42. The summed E-state index contributed by atoms with van der Waals surface area (Å²) in [5, 5.41) is 6.20. The van der Waals surface area contributed by atoms with Crippen LogP contribution in [0.2, 0.25) is 5.02 Å². The highest BCUT2D eigenvalue weighted by atomic mass is 35.5. The number of rotatable bonds is 5. The van der Waals surface area contributed by atoms with Crippen LogP contribution in [0.1, 0.15) is 42.3 Å². The Balaban J connectivity index is 1.83. The molecule has 0 aromatic heterocycles. The number of nitrogens with one attached hydrogen (secondary N) is 2. The van der Waals surface area contributed by atoms with E-state index >= 15 is 0 Å². The van der Waals surface area contributed by atoms with Crippen LogP contribution in [0, 0.1) is 0 Å². The standard InChI is InChI=1S/C20H23ClN2O3/c1-20(2,3)26-19(25)23-13-14-4-8-16(9-5-14)18(24)22-12-15-6-10-17(21)11-7-15/h4-11H,12-13H2,1-3H3,(H,22,24)(H,23,25). The van der Waals surface area contributed by atoms with E-state index in [1.54, 1.807) is 36.4 Å². The van der Waals surface area contributed by atoms with Gasteiger partial charge in [-0.3, -0.25) is 4.79 Å². The van der Waals surface area contributed by atoms with Crippen LogP contribution in [0.3, 0.4) is 0 Å². The molecule has 2 aromatic carbocycles. The molecule has 0 atom stereocenters. The fourth-order valence-electron chi connectivity index (χ4n) is 2.15. The highest BCUT2D eigenvalue weighted by Gasteiger charge is 2.15. The molecule has 0 aliphatic carbocycles. The van der Waals surface area contributed by atoms with Crippen molar-refractivity contribution in [1.29, 1.82) is 0 Å². The maximum Gasteiger partial charge on any atom is 0.407 e. The van der Waals surface area contributed by atoms with Crippen molar-refractivity contribution in [3.05, 3.63) is 70.2 Å². The predicted octanol–water partition coefficient (Wildman–Crippen LogP) is 4.29. The van der Waals surface area contributed by atoms with Gasteiger partial charge in [-0.1, -0.05) is 35.9 Å². The van der Waals surface area contributed by atoms with E-state index in [-0.39, 0.29) is 5.91 Å². The van der Waals surface area contributed by atoms with Crippen molar-refractivity contribution in [3.8, 4) is 0 Å². The lowest BCUT2D eigenvalue weighted by Crippen LogP contribution is -2.32. The monoisotopic (exact) mass is 374 g/mol. The van der Waals surface area contributed by atoms with Crippen molar-refractivity contribution >= 4 is 23.6 Å². The molecule has 6 heteroatoms. The van der Waals surface area contributed by atoms with E-state index in [4.69, 9.17) is 16.3 Å². The first-order valence-electron chi connectivity index (χ1n) is 8.31. The van der Waals surface area contributed by atoms with Crippen LogP contribution in [-0.4, -0.2) is 17.6 Å². The molecule has 26 heavy (non-hydrogen) atoms. The Kier molecular flexibility index (Phi) is 6.64. The molecule has 0 unspecified atom stereocenters. The summed E-state index contributed by atoms with van der Waals surface area (Å²) in [6.45, 7) is 6.19. The summed E-state index contributed by atoms with van der Waals surface area (Å²) in [5.41, 5.74) is 1.88. The number of amides is 2. The quantitative estimate of drug-likeness (QED) is 0.820. The molecule has 0 heterocycles. The minimum absolute atomic E-state index is 0.161. The first-order valence-corrected chi connectivity index (χ1v) is 8.69. The summed E-state index contributed by atoms with van der Waals surface area (Å²) in [4.78, 5) is 23.8. The zero-order valence-electron chi connectivity index (χ0n) is 15.1. The van der Waals surface area contributed by atoms with Gasteiger partial charge >= 0.3 is 6.09 Å². The molecule has 5 nitrogen and oxygen atoms in total. The summed E-state index contributed by atoms with van der Waals surface area (Å²) >= 11 is 5.84. The molecular weight excluding hydrogens is 352 g/mol. The van der Waals surface area contributed by atoms with Gasteiger partial charge in [-0.15, -0.1) is 0 Å². The van der Waals surface area contributed by atoms with E-state index in [1.807, 2.05) is 32.9 Å². The molecule has 0 spiro atoms. The van der Waals surface area contributed by atoms with Crippen LogP contribution >= 0.6 is 11.6 Å². The van der Waals surface area contributed by atoms with Gasteiger partial charge in [0.1, 0.15) is 5.60 Å². The number of ether oxygens (including phenoxy) is 1. The van der Waals surface area contributed by atoms with Crippen LogP contribution < -0.4 is 10.6 Å². The third-order valence-corrected chi connectivity index (χ3v) is 3.67. The Morgan fingerprint density at radius 2 is 1.38 bits per heavy atom. The van der Waals surface area contributed by atoms with Crippen LogP contribution in [-0.2, 0) is 17.8 Å². The summed E-state index contributed by atoms with van der Waals surface area (Å²) in [5.74, 6) is -0.161. The molecule has 2 aromatic rings. The molecule has 0 bridgehead atoms. The molecule has 138 valence electrons. The molecule has 0 fully saturated rings. The van der Waals surface area contributed by atoms with Gasteiger partial charge in [-0.05, 0) is 56.2 Å². The lowest BCUT2D eigenvalue weighted by atomic mass is 10.1. The highest BCUT2D eigenvalue weighted by molar-refractivity contribution is 6.30. The van der Waals surface area contributed by atoms with E-state index in [0.29, 0.717) is 23.7 Å². The second-order valence-corrected chi connectivity index (χ2v) is 7.30. The second kappa shape index (κ2) is 8.72. The molecule has 0 saturated heterocycles. The lowest BCUT2D eigenvalue weighted by Gasteiger charge is -2.19. The largest absolute Gasteiger partial charge is 0.444 e. The van der Waals surface area contributed by atoms with Crippen LogP contribution in [0.4, 0.5) is 4.79 Å². The number of carbonyl (C=O) groups is 2. The van der Waals surface area contributed by atoms with Gasteiger partial charge in [0, 0.05) is 23.7 Å². The van der Waals surface area contributed by atoms with Crippen molar-refractivity contribution in [2.45, 2.75) is 39.5 Å². The van der Waals surface area contributed by atoms with Gasteiger partial charge in [-0.2, -0.15) is 0 Å². The molecule has 0 radical (unpaired) electrons. The van der Waals surface area contributed by atoms with E-state index in [0.717, 1.165) is 11.1 Å². The molecule has 0 aliphatic rings. The number of hydrogen-bond acceptors (Lipinski definition) is 3. The minimum Gasteiger partial charge on any atom is -0.444 e. The highest BCUT2D eigenvalue weighted by Crippen LogP contribution is 2.10. The average Bonchev–Trinajstić information content (AvgIpc) is 2.58. The van der Waals surface area contributed by atoms with Gasteiger partial charge in [-0.25, -0.2) is 4.79 Å². The number of benzene rings is 2. The van der Waals surface area contributed by atoms with Crippen LogP contribution in [0.25, 0.3) is 0 Å². The molecule has 2 rings (SSSR count). The topological polar surface area (TPSA) is 67.4 Å². The van der Waals surface area contributed by atoms with E-state index in [1.165, 1.54) is 0 Å². The Labute approximate surface area is 158 Å². The first kappa shape index (κ1) is 19.8. The number of carbonyl (C=O) groups excluding carboxylic acids is 2. The van der Waals surface area contributed by atoms with Crippen molar-refractivity contribution in [1.82, 2.24) is 10.6 Å². The molecule has 2 N–H and O–H groups in total. The van der Waals surface area contributed by atoms with Gasteiger partial charge in [0.05, 0.1) is 0 Å². The minimum atomic E-state index is -0.532. The summed E-state index contributed by atoms with van der Waals surface area (Å²) in [6.07, 6.45) is -0.470. The van der Waals surface area contributed by atoms with Gasteiger partial charge < -0.3 is 15.4 Å². The molecule has 0 aliphatic heterocycles. The third kappa shape index (κ3) is 6.76. The second-order valence-electron chi connectivity index (χ2n) is 6.86. The van der Waals surface area contributed by atoms with Gasteiger partial charge in [0.15, 0.2) is 0 Å². The fourth-order valence-corrected chi connectivity index (χ4v) is 2.28. The van der Waals surface area contributed by atoms with Crippen molar-refractivity contribution < 1.29 is 14.3 Å². The van der Waals surface area contributed by atoms with E-state index in [2.05, 4.69) is 10.6 Å². The van der Waals surface area contributed by atoms with E-state index in [9.17, 15) is 9.59 Å². The predicted molar refractivity (Wildman–Crippen MR) is 102 cm³/mol. The smallest absolute Gasteiger partial charge is 0.407 e. The van der Waals surface area contributed by atoms with Crippen molar-refractivity contribution in [2.24, 2.45) is 0 Å². The molecular formula is C20H23ClN2O3. The Morgan fingerprint density at radius 1 is 0.885 bits per heavy atom. The Bertz CT molecular complexity index is 750.